The van der Waals surface area contributed by atoms with Crippen LogP contribution in [0.15, 0.2) is 23.6 Å². The first kappa shape index (κ1) is 20.0. The van der Waals surface area contributed by atoms with Crippen molar-refractivity contribution in [2.45, 2.75) is 31.8 Å². The Morgan fingerprint density at radius 2 is 1.72 bits per heavy atom. The van der Waals surface area contributed by atoms with Gasteiger partial charge in [-0.25, -0.2) is 0 Å². The van der Waals surface area contributed by atoms with Gasteiger partial charge in [0.05, 0.1) is 21.3 Å². The van der Waals surface area contributed by atoms with E-state index in [2.05, 4.69) is 16.3 Å². The molecule has 0 bridgehead atoms. The zero-order valence-electron chi connectivity index (χ0n) is 17.3. The predicted octanol–water partition coefficient (Wildman–Crippen LogP) is 3.44. The Hall–Kier alpha value is -2.25. The van der Waals surface area contributed by atoms with E-state index in [1.165, 1.54) is 10.4 Å². The van der Waals surface area contributed by atoms with Crippen molar-refractivity contribution in [2.24, 2.45) is 0 Å². The minimum atomic E-state index is 0.0152. The van der Waals surface area contributed by atoms with Gasteiger partial charge in [-0.3, -0.25) is 9.69 Å². The maximum absolute atomic E-state index is 13.1. The van der Waals surface area contributed by atoms with E-state index in [9.17, 15) is 4.79 Å². The second-order valence-electron chi connectivity index (χ2n) is 7.53. The summed E-state index contributed by atoms with van der Waals surface area (Å²) >= 11 is 1.88. The van der Waals surface area contributed by atoms with Gasteiger partial charge in [0, 0.05) is 42.7 Å². The highest BCUT2D eigenvalue weighted by molar-refractivity contribution is 7.10. The standard InChI is InChI=1S/C22H28N2O4S/c1-26-18-12-16(13-19(27-2)21(18)28-3)22(25)23-8-4-17(5-9-23)24-10-6-20-15(14-24)7-11-29-20/h7,11-13,17H,4-6,8-10,14H2,1-3H3. The van der Waals surface area contributed by atoms with Crippen molar-refractivity contribution in [3.05, 3.63) is 39.6 Å². The van der Waals surface area contributed by atoms with E-state index >= 15 is 0 Å². The normalized spacial score (nSPS) is 17.7. The Labute approximate surface area is 176 Å². The van der Waals surface area contributed by atoms with Gasteiger partial charge in [-0.1, -0.05) is 0 Å². The molecule has 0 unspecified atom stereocenters. The Bertz CT molecular complexity index is 848. The van der Waals surface area contributed by atoms with Crippen LogP contribution in [0.3, 0.4) is 0 Å². The number of carbonyl (C=O) groups is 1. The molecule has 6 nitrogen and oxygen atoms in total. The maximum Gasteiger partial charge on any atom is 0.254 e. The zero-order chi connectivity index (χ0) is 20.4. The number of benzene rings is 1. The first-order chi connectivity index (χ1) is 14.1. The molecule has 0 radical (unpaired) electrons. The van der Waals surface area contributed by atoms with Gasteiger partial charge in [-0.15, -0.1) is 11.3 Å². The monoisotopic (exact) mass is 416 g/mol. The molecule has 4 rings (SSSR count). The fourth-order valence-corrected chi connectivity index (χ4v) is 5.29. The number of rotatable bonds is 5. The van der Waals surface area contributed by atoms with E-state index in [0.717, 1.165) is 45.4 Å². The third-order valence-corrected chi connectivity index (χ3v) is 7.04. The van der Waals surface area contributed by atoms with E-state index in [-0.39, 0.29) is 5.91 Å². The van der Waals surface area contributed by atoms with Crippen LogP contribution in [0.25, 0.3) is 0 Å². The van der Waals surface area contributed by atoms with Crippen LogP contribution in [0, 0.1) is 0 Å². The van der Waals surface area contributed by atoms with Gasteiger partial charge in [-0.05, 0) is 48.4 Å². The van der Waals surface area contributed by atoms with Gasteiger partial charge in [0.15, 0.2) is 11.5 Å². The van der Waals surface area contributed by atoms with Crippen LogP contribution in [-0.2, 0) is 13.0 Å². The smallest absolute Gasteiger partial charge is 0.254 e. The topological polar surface area (TPSA) is 51.2 Å². The molecule has 0 aliphatic carbocycles. The first-order valence-electron chi connectivity index (χ1n) is 10.0. The van der Waals surface area contributed by atoms with Gasteiger partial charge >= 0.3 is 0 Å². The van der Waals surface area contributed by atoms with E-state index in [0.29, 0.717) is 28.9 Å². The van der Waals surface area contributed by atoms with E-state index in [1.54, 1.807) is 33.5 Å². The number of hydrogen-bond donors (Lipinski definition) is 0. The summed E-state index contributed by atoms with van der Waals surface area (Å²) in [6, 6.07) is 6.28. The van der Waals surface area contributed by atoms with Crippen LogP contribution in [0.5, 0.6) is 17.2 Å². The summed E-state index contributed by atoms with van der Waals surface area (Å²) < 4.78 is 16.1. The number of piperidine rings is 1. The van der Waals surface area contributed by atoms with Crippen LogP contribution in [0.1, 0.15) is 33.6 Å². The molecule has 1 aromatic carbocycles. The highest BCUT2D eigenvalue weighted by Gasteiger charge is 2.30. The summed E-state index contributed by atoms with van der Waals surface area (Å²) in [5, 5.41) is 2.20. The minimum Gasteiger partial charge on any atom is -0.493 e. The number of likely N-dealkylation sites (tertiary alicyclic amines) is 1. The van der Waals surface area contributed by atoms with Gasteiger partial charge in [0.2, 0.25) is 5.75 Å². The molecule has 0 saturated carbocycles. The molecule has 0 atom stereocenters. The number of hydrogen-bond acceptors (Lipinski definition) is 6. The van der Waals surface area contributed by atoms with Crippen molar-refractivity contribution in [1.82, 2.24) is 9.80 Å². The van der Waals surface area contributed by atoms with E-state index < -0.39 is 0 Å². The van der Waals surface area contributed by atoms with Crippen molar-refractivity contribution in [3.8, 4) is 17.2 Å². The van der Waals surface area contributed by atoms with E-state index in [4.69, 9.17) is 14.2 Å². The van der Waals surface area contributed by atoms with Crippen LogP contribution in [-0.4, -0.2) is 62.7 Å². The van der Waals surface area contributed by atoms with Crippen molar-refractivity contribution >= 4 is 17.2 Å². The summed E-state index contributed by atoms with van der Waals surface area (Å²) in [5.74, 6) is 1.53. The molecule has 1 saturated heterocycles. The van der Waals surface area contributed by atoms with Crippen molar-refractivity contribution in [1.29, 1.82) is 0 Å². The third-order valence-electron chi connectivity index (χ3n) is 6.02. The molecule has 1 aromatic heterocycles. The number of thiophene rings is 1. The summed E-state index contributed by atoms with van der Waals surface area (Å²) in [6.07, 6.45) is 3.17. The molecule has 0 N–H and O–H groups in total. The van der Waals surface area contributed by atoms with Crippen molar-refractivity contribution in [2.75, 3.05) is 41.0 Å². The quantitative estimate of drug-likeness (QED) is 0.747. The average molecular weight is 417 g/mol. The average Bonchev–Trinajstić information content (AvgIpc) is 3.25. The number of methoxy groups -OCH3 is 3. The molecule has 1 amide bonds. The lowest BCUT2D eigenvalue weighted by Gasteiger charge is -2.40. The SMILES string of the molecule is COc1cc(C(=O)N2CCC(N3CCc4sccc4C3)CC2)cc(OC)c1OC. The summed E-state index contributed by atoms with van der Waals surface area (Å²) in [7, 11) is 4.69. The van der Waals surface area contributed by atoms with Gasteiger partial charge < -0.3 is 19.1 Å². The molecule has 2 aliphatic rings. The van der Waals surface area contributed by atoms with Crippen molar-refractivity contribution < 1.29 is 19.0 Å². The number of carbonyl (C=O) groups excluding carboxylic acids is 1. The van der Waals surface area contributed by atoms with Gasteiger partial charge in [-0.2, -0.15) is 0 Å². The van der Waals surface area contributed by atoms with E-state index in [1.807, 2.05) is 16.2 Å². The van der Waals surface area contributed by atoms with Crippen LogP contribution in [0.2, 0.25) is 0 Å². The Morgan fingerprint density at radius 1 is 1.03 bits per heavy atom. The predicted molar refractivity (Wildman–Crippen MR) is 113 cm³/mol. The molecular weight excluding hydrogens is 388 g/mol. The van der Waals surface area contributed by atoms with Crippen LogP contribution < -0.4 is 14.2 Å². The lowest BCUT2D eigenvalue weighted by molar-refractivity contribution is 0.0600. The highest BCUT2D eigenvalue weighted by Crippen LogP contribution is 2.38. The molecule has 2 aromatic rings. The lowest BCUT2D eigenvalue weighted by atomic mass is 9.99. The fraction of sp³-hybridized carbons (Fsp3) is 0.500. The molecule has 0 spiro atoms. The first-order valence-corrected chi connectivity index (χ1v) is 10.9. The van der Waals surface area contributed by atoms with Gasteiger partial charge in [0.25, 0.3) is 5.91 Å². The third kappa shape index (κ3) is 3.94. The second-order valence-corrected chi connectivity index (χ2v) is 8.53. The summed E-state index contributed by atoms with van der Waals surface area (Å²) in [4.78, 5) is 19.2. The molecule has 29 heavy (non-hydrogen) atoms. The number of ether oxygens (including phenoxy) is 3. The number of fused-ring (bicyclic) bond motifs is 1. The van der Waals surface area contributed by atoms with Crippen LogP contribution >= 0.6 is 11.3 Å². The largest absolute Gasteiger partial charge is 0.493 e. The molecule has 3 heterocycles. The number of amides is 1. The maximum atomic E-state index is 13.1. The Balaban J connectivity index is 1.42. The van der Waals surface area contributed by atoms with Gasteiger partial charge in [0.1, 0.15) is 0 Å². The molecular formula is C22H28N2O4S. The highest BCUT2D eigenvalue weighted by atomic mass is 32.1. The number of nitrogens with zero attached hydrogens (tertiary/aromatic N) is 2. The summed E-state index contributed by atoms with van der Waals surface area (Å²) in [6.45, 7) is 3.71. The van der Waals surface area contributed by atoms with Crippen molar-refractivity contribution in [3.63, 3.8) is 0 Å². The Morgan fingerprint density at radius 3 is 2.34 bits per heavy atom. The van der Waals surface area contributed by atoms with Crippen LogP contribution in [0.4, 0.5) is 0 Å². The minimum absolute atomic E-state index is 0.0152. The zero-order valence-corrected chi connectivity index (χ0v) is 18.1. The fourth-order valence-electron chi connectivity index (χ4n) is 4.40. The molecule has 7 heteroatoms. The molecule has 2 aliphatic heterocycles. The molecule has 1 fully saturated rings. The Kier molecular flexibility index (Phi) is 5.96. The second kappa shape index (κ2) is 8.63. The summed E-state index contributed by atoms with van der Waals surface area (Å²) in [5.41, 5.74) is 2.05. The lowest BCUT2D eigenvalue weighted by Crippen LogP contribution is -2.47. The molecule has 156 valence electrons.